The summed E-state index contributed by atoms with van der Waals surface area (Å²) in [4.78, 5) is 11.5. The van der Waals surface area contributed by atoms with Gasteiger partial charge in [0.1, 0.15) is 11.5 Å². The standard InChI is InChI=1S/C26H27N5O4/c1-33-21-11-20(12-22(14-21)34-2)30(8-9-32)19-6-7-23-24(13-19)29-25(16-27-23)18-15-28-31(17-18)26-5-3-4-10-35-26/h4,6-7,10-17,26,32H,3,5,8-9H2,1-2H3. The molecule has 1 aliphatic rings. The van der Waals surface area contributed by atoms with Crippen LogP contribution in [0.2, 0.25) is 0 Å². The molecule has 0 fully saturated rings. The zero-order valence-electron chi connectivity index (χ0n) is 19.7. The summed E-state index contributed by atoms with van der Waals surface area (Å²) in [6.07, 6.45) is 10.9. The van der Waals surface area contributed by atoms with Gasteiger partial charge in [-0.3, -0.25) is 4.98 Å². The molecule has 9 nitrogen and oxygen atoms in total. The Kier molecular flexibility index (Phi) is 6.49. The van der Waals surface area contributed by atoms with E-state index in [2.05, 4.69) is 10.1 Å². The Morgan fingerprint density at radius 3 is 2.60 bits per heavy atom. The van der Waals surface area contributed by atoms with Crippen LogP contribution in [0.15, 0.2) is 67.3 Å². The monoisotopic (exact) mass is 473 g/mol. The highest BCUT2D eigenvalue weighted by molar-refractivity contribution is 5.82. The molecule has 1 N–H and O–H groups in total. The van der Waals surface area contributed by atoms with Crippen LogP contribution in [-0.2, 0) is 4.74 Å². The fourth-order valence-corrected chi connectivity index (χ4v) is 4.11. The van der Waals surface area contributed by atoms with Crippen molar-refractivity contribution in [3.63, 3.8) is 0 Å². The third kappa shape index (κ3) is 4.76. The van der Waals surface area contributed by atoms with E-state index in [4.69, 9.17) is 19.2 Å². The van der Waals surface area contributed by atoms with Gasteiger partial charge in [0.25, 0.3) is 0 Å². The minimum atomic E-state index is -0.110. The topological polar surface area (TPSA) is 94.8 Å². The molecule has 4 aromatic rings. The van der Waals surface area contributed by atoms with Gasteiger partial charge in [-0.1, -0.05) is 0 Å². The average Bonchev–Trinajstić information content (AvgIpc) is 3.42. The summed E-state index contributed by atoms with van der Waals surface area (Å²) in [7, 11) is 3.22. The molecule has 1 aliphatic heterocycles. The fraction of sp³-hybridized carbons (Fsp3) is 0.269. The van der Waals surface area contributed by atoms with Crippen molar-refractivity contribution in [3.05, 3.63) is 67.3 Å². The molecule has 3 heterocycles. The largest absolute Gasteiger partial charge is 0.497 e. The summed E-state index contributed by atoms with van der Waals surface area (Å²) in [5, 5.41) is 14.2. The van der Waals surface area contributed by atoms with Crippen molar-refractivity contribution in [2.75, 3.05) is 32.3 Å². The molecule has 2 aromatic carbocycles. The van der Waals surface area contributed by atoms with Crippen LogP contribution in [0.3, 0.4) is 0 Å². The second kappa shape index (κ2) is 10.0. The predicted octanol–water partition coefficient (Wildman–Crippen LogP) is 4.46. The van der Waals surface area contributed by atoms with E-state index in [9.17, 15) is 5.11 Å². The average molecular weight is 474 g/mol. The first-order valence-electron chi connectivity index (χ1n) is 11.4. The predicted molar refractivity (Wildman–Crippen MR) is 133 cm³/mol. The van der Waals surface area contributed by atoms with E-state index in [1.165, 1.54) is 0 Å². The van der Waals surface area contributed by atoms with Gasteiger partial charge in [-0.2, -0.15) is 5.10 Å². The van der Waals surface area contributed by atoms with Gasteiger partial charge in [-0.25, -0.2) is 9.67 Å². The smallest absolute Gasteiger partial charge is 0.190 e. The van der Waals surface area contributed by atoms with Crippen molar-refractivity contribution in [1.82, 2.24) is 19.7 Å². The zero-order valence-corrected chi connectivity index (χ0v) is 19.7. The van der Waals surface area contributed by atoms with Crippen molar-refractivity contribution in [1.29, 1.82) is 0 Å². The second-order valence-electron chi connectivity index (χ2n) is 8.12. The lowest BCUT2D eigenvalue weighted by Gasteiger charge is -2.25. The molecule has 35 heavy (non-hydrogen) atoms. The normalized spacial score (nSPS) is 15.1. The Bertz CT molecular complexity index is 1330. The molecule has 180 valence electrons. The first-order valence-corrected chi connectivity index (χ1v) is 11.4. The summed E-state index contributed by atoms with van der Waals surface area (Å²) in [6.45, 7) is 0.360. The maximum atomic E-state index is 9.77. The van der Waals surface area contributed by atoms with E-state index in [1.807, 2.05) is 58.3 Å². The minimum absolute atomic E-state index is 0.0269. The molecule has 0 spiro atoms. The lowest BCUT2D eigenvalue weighted by molar-refractivity contribution is 0.0507. The van der Waals surface area contributed by atoms with E-state index >= 15 is 0 Å². The number of aliphatic hydroxyl groups excluding tert-OH is 1. The Morgan fingerprint density at radius 1 is 1.06 bits per heavy atom. The molecule has 9 heteroatoms. The number of allylic oxidation sites excluding steroid dienone is 1. The summed E-state index contributed by atoms with van der Waals surface area (Å²) >= 11 is 0. The summed E-state index contributed by atoms with van der Waals surface area (Å²) in [5.74, 6) is 1.33. The molecule has 0 saturated heterocycles. The van der Waals surface area contributed by atoms with Crippen LogP contribution in [-0.4, -0.2) is 52.2 Å². The van der Waals surface area contributed by atoms with Crippen LogP contribution in [0.1, 0.15) is 19.1 Å². The molecular weight excluding hydrogens is 446 g/mol. The zero-order chi connectivity index (χ0) is 24.2. The summed E-state index contributed by atoms with van der Waals surface area (Å²) in [6, 6.07) is 11.5. The van der Waals surface area contributed by atoms with Gasteiger partial charge in [-0.05, 0) is 30.7 Å². The van der Waals surface area contributed by atoms with Gasteiger partial charge in [-0.15, -0.1) is 0 Å². The van der Waals surface area contributed by atoms with Gasteiger partial charge in [0.15, 0.2) is 6.23 Å². The lowest BCUT2D eigenvalue weighted by atomic mass is 10.2. The van der Waals surface area contributed by atoms with Crippen LogP contribution in [0.5, 0.6) is 11.5 Å². The highest BCUT2D eigenvalue weighted by atomic mass is 16.5. The Morgan fingerprint density at radius 2 is 1.89 bits per heavy atom. The Balaban J connectivity index is 1.49. The molecule has 1 unspecified atom stereocenters. The van der Waals surface area contributed by atoms with Crippen LogP contribution in [0, 0.1) is 0 Å². The molecule has 0 aliphatic carbocycles. The Hall–Kier alpha value is -4.11. The van der Waals surface area contributed by atoms with Crippen molar-refractivity contribution in [3.8, 4) is 22.8 Å². The first kappa shape index (κ1) is 22.7. The maximum absolute atomic E-state index is 9.77. The first-order chi connectivity index (χ1) is 17.2. The van der Waals surface area contributed by atoms with E-state index in [-0.39, 0.29) is 12.8 Å². The van der Waals surface area contributed by atoms with Crippen molar-refractivity contribution in [2.24, 2.45) is 0 Å². The number of nitrogens with zero attached hydrogens (tertiary/aromatic N) is 5. The lowest BCUT2D eigenvalue weighted by Crippen LogP contribution is -2.21. The minimum Gasteiger partial charge on any atom is -0.497 e. The van der Waals surface area contributed by atoms with Crippen molar-refractivity contribution < 1.29 is 19.3 Å². The number of hydrogen-bond acceptors (Lipinski definition) is 8. The van der Waals surface area contributed by atoms with Crippen LogP contribution >= 0.6 is 0 Å². The van der Waals surface area contributed by atoms with Gasteiger partial charge >= 0.3 is 0 Å². The highest BCUT2D eigenvalue weighted by Crippen LogP contribution is 2.34. The van der Waals surface area contributed by atoms with Crippen molar-refractivity contribution in [2.45, 2.75) is 19.1 Å². The number of fused-ring (bicyclic) bond motifs is 1. The third-order valence-corrected chi connectivity index (χ3v) is 5.91. The number of rotatable bonds is 8. The molecule has 2 aromatic heterocycles. The quantitative estimate of drug-likeness (QED) is 0.401. The second-order valence-corrected chi connectivity index (χ2v) is 8.12. The third-order valence-electron chi connectivity index (χ3n) is 5.91. The molecule has 0 radical (unpaired) electrons. The Labute approximate surface area is 203 Å². The summed E-state index contributed by atoms with van der Waals surface area (Å²) < 4.78 is 18.3. The maximum Gasteiger partial charge on any atom is 0.190 e. The number of aromatic nitrogens is 4. The van der Waals surface area contributed by atoms with E-state index in [1.54, 1.807) is 32.9 Å². The van der Waals surface area contributed by atoms with Gasteiger partial charge in [0.2, 0.25) is 0 Å². The number of ether oxygens (including phenoxy) is 3. The van der Waals surface area contributed by atoms with Gasteiger partial charge in [0, 0.05) is 54.3 Å². The van der Waals surface area contributed by atoms with E-state index in [0.717, 1.165) is 46.5 Å². The number of anilines is 2. The van der Waals surface area contributed by atoms with Crippen LogP contribution < -0.4 is 14.4 Å². The fourth-order valence-electron chi connectivity index (χ4n) is 4.11. The highest BCUT2D eigenvalue weighted by Gasteiger charge is 2.17. The SMILES string of the molecule is COc1cc(OC)cc(N(CCO)c2ccc3ncc(-c4cnn(C5CCC=CO5)c4)nc3c2)c1. The molecule has 0 amide bonds. The number of benzene rings is 2. The van der Waals surface area contributed by atoms with Crippen molar-refractivity contribution >= 4 is 22.4 Å². The van der Waals surface area contributed by atoms with E-state index in [0.29, 0.717) is 18.0 Å². The number of aliphatic hydroxyl groups is 1. The van der Waals surface area contributed by atoms with Gasteiger partial charge in [0.05, 0.1) is 56.2 Å². The van der Waals surface area contributed by atoms with E-state index < -0.39 is 0 Å². The molecule has 1 atom stereocenters. The number of hydrogen-bond donors (Lipinski definition) is 1. The van der Waals surface area contributed by atoms with Crippen LogP contribution in [0.25, 0.3) is 22.3 Å². The number of methoxy groups -OCH3 is 2. The molecule has 5 rings (SSSR count). The molecule has 0 bridgehead atoms. The molecule has 0 saturated carbocycles. The molecular formula is C26H27N5O4. The van der Waals surface area contributed by atoms with Crippen LogP contribution in [0.4, 0.5) is 11.4 Å². The summed E-state index contributed by atoms with van der Waals surface area (Å²) in [5.41, 5.74) is 4.81. The van der Waals surface area contributed by atoms with Gasteiger partial charge < -0.3 is 24.2 Å².